The van der Waals surface area contributed by atoms with Crippen molar-refractivity contribution in [3.63, 3.8) is 0 Å². The number of anilines is 1. The molecule has 0 radical (unpaired) electrons. The Morgan fingerprint density at radius 1 is 1.27 bits per heavy atom. The van der Waals surface area contributed by atoms with E-state index in [-0.39, 0.29) is 5.91 Å². The average Bonchev–Trinajstić information content (AvgIpc) is 3.02. The van der Waals surface area contributed by atoms with E-state index in [0.717, 1.165) is 26.9 Å². The number of para-hydroxylation sites is 2. The van der Waals surface area contributed by atoms with Crippen LogP contribution >= 0.6 is 23.1 Å². The van der Waals surface area contributed by atoms with Gasteiger partial charge in [-0.05, 0) is 31.3 Å². The van der Waals surface area contributed by atoms with E-state index in [1.165, 1.54) is 4.70 Å². The van der Waals surface area contributed by atoms with Crippen molar-refractivity contribution in [1.82, 2.24) is 9.88 Å². The molecule has 1 amide bonds. The van der Waals surface area contributed by atoms with Crippen LogP contribution in [0.3, 0.4) is 0 Å². The number of rotatable bonds is 8. The van der Waals surface area contributed by atoms with Crippen LogP contribution in [0.4, 0.5) is 5.69 Å². The third-order valence-electron chi connectivity index (χ3n) is 3.67. The lowest BCUT2D eigenvalue weighted by Gasteiger charge is -2.16. The average molecular weight is 384 g/mol. The van der Waals surface area contributed by atoms with Crippen molar-refractivity contribution in [3.05, 3.63) is 66.2 Å². The summed E-state index contributed by atoms with van der Waals surface area (Å²) in [4.78, 5) is 20.1. The fourth-order valence-corrected chi connectivity index (χ4v) is 4.35. The minimum atomic E-state index is -0.0275. The van der Waals surface area contributed by atoms with Crippen LogP contribution in [0, 0.1) is 0 Å². The van der Waals surface area contributed by atoms with Crippen molar-refractivity contribution < 1.29 is 4.79 Å². The van der Waals surface area contributed by atoms with Gasteiger partial charge in [-0.1, -0.05) is 30.3 Å². The first-order valence-corrected chi connectivity index (χ1v) is 10.1. The molecule has 0 atom stereocenters. The van der Waals surface area contributed by atoms with Crippen LogP contribution in [-0.4, -0.2) is 35.1 Å². The molecule has 3 rings (SSSR count). The van der Waals surface area contributed by atoms with Gasteiger partial charge in [-0.25, -0.2) is 4.98 Å². The monoisotopic (exact) mass is 383 g/mol. The van der Waals surface area contributed by atoms with Crippen LogP contribution in [0.25, 0.3) is 10.2 Å². The Kier molecular flexibility index (Phi) is 6.44. The number of carbonyl (C=O) groups is 1. The molecule has 26 heavy (non-hydrogen) atoms. The van der Waals surface area contributed by atoms with Gasteiger partial charge < -0.3 is 5.32 Å². The van der Waals surface area contributed by atoms with Gasteiger partial charge in [0.1, 0.15) is 5.01 Å². The maximum Gasteiger partial charge on any atom is 0.238 e. The van der Waals surface area contributed by atoms with Gasteiger partial charge in [0.15, 0.2) is 0 Å². The predicted octanol–water partition coefficient (Wildman–Crippen LogP) is 4.64. The van der Waals surface area contributed by atoms with E-state index in [4.69, 9.17) is 0 Å². The van der Waals surface area contributed by atoms with Crippen LogP contribution in [-0.2, 0) is 11.3 Å². The Morgan fingerprint density at radius 2 is 2.04 bits per heavy atom. The summed E-state index contributed by atoms with van der Waals surface area (Å²) in [7, 11) is 1.93. The first-order valence-electron chi connectivity index (χ1n) is 8.31. The Labute approximate surface area is 161 Å². The zero-order valence-electron chi connectivity index (χ0n) is 14.6. The molecule has 0 fully saturated rings. The van der Waals surface area contributed by atoms with Gasteiger partial charge in [0, 0.05) is 10.6 Å². The number of thioether (sulfide) groups is 1. The lowest BCUT2D eigenvalue weighted by Crippen LogP contribution is -2.29. The molecule has 0 spiro atoms. The number of amides is 1. The van der Waals surface area contributed by atoms with E-state index in [1.807, 2.05) is 60.5 Å². The Balaban J connectivity index is 1.58. The fraction of sp³-hybridized carbons (Fsp3) is 0.200. The molecule has 0 unspecified atom stereocenters. The smallest absolute Gasteiger partial charge is 0.238 e. The summed E-state index contributed by atoms with van der Waals surface area (Å²) in [6, 6.07) is 15.9. The van der Waals surface area contributed by atoms with E-state index in [0.29, 0.717) is 13.1 Å². The highest BCUT2D eigenvalue weighted by atomic mass is 32.2. The van der Waals surface area contributed by atoms with Crippen molar-refractivity contribution in [3.8, 4) is 0 Å². The number of likely N-dealkylation sites (N-methyl/N-ethyl adjacent to an activating group) is 1. The van der Waals surface area contributed by atoms with Crippen LogP contribution in [0.1, 0.15) is 5.01 Å². The summed E-state index contributed by atoms with van der Waals surface area (Å²) in [5.74, 6) is 0.782. The van der Waals surface area contributed by atoms with E-state index in [1.54, 1.807) is 23.1 Å². The van der Waals surface area contributed by atoms with E-state index < -0.39 is 0 Å². The molecule has 0 saturated heterocycles. The molecule has 0 aliphatic carbocycles. The molecule has 6 heteroatoms. The first kappa shape index (κ1) is 18.6. The second-order valence-corrected chi connectivity index (χ2v) is 8.07. The van der Waals surface area contributed by atoms with Crippen LogP contribution < -0.4 is 5.32 Å². The lowest BCUT2D eigenvalue weighted by molar-refractivity contribution is -0.117. The Bertz CT molecular complexity index is 874. The number of fused-ring (bicyclic) bond motifs is 1. The van der Waals surface area contributed by atoms with Crippen molar-refractivity contribution in [1.29, 1.82) is 0 Å². The zero-order chi connectivity index (χ0) is 18.4. The van der Waals surface area contributed by atoms with Crippen LogP contribution in [0.15, 0.2) is 66.1 Å². The summed E-state index contributed by atoms with van der Waals surface area (Å²) in [6.07, 6.45) is 1.86. The van der Waals surface area contributed by atoms with Crippen molar-refractivity contribution >= 4 is 44.9 Å². The summed E-state index contributed by atoms with van der Waals surface area (Å²) >= 11 is 3.33. The summed E-state index contributed by atoms with van der Waals surface area (Å²) in [5, 5.41) is 4.03. The molecule has 134 valence electrons. The molecule has 0 aliphatic heterocycles. The topological polar surface area (TPSA) is 45.2 Å². The molecular weight excluding hydrogens is 362 g/mol. The van der Waals surface area contributed by atoms with Crippen LogP contribution in [0.2, 0.25) is 0 Å². The number of carbonyl (C=O) groups excluding carboxylic acids is 1. The summed E-state index contributed by atoms with van der Waals surface area (Å²) < 4.78 is 1.17. The molecule has 2 aromatic carbocycles. The maximum atomic E-state index is 12.4. The predicted molar refractivity (Wildman–Crippen MR) is 112 cm³/mol. The third kappa shape index (κ3) is 4.94. The SMILES string of the molecule is C=CCSc1ccccc1NC(=O)CN(C)Cc1nc2ccccc2s1. The standard InChI is InChI=1S/C20H21N3OS2/c1-3-12-25-17-10-6-4-8-15(17)21-19(24)13-23(2)14-20-22-16-9-5-7-11-18(16)26-20/h3-11H,1,12-14H2,2H3,(H,21,24). The van der Waals surface area contributed by atoms with Gasteiger partial charge in [-0.15, -0.1) is 29.7 Å². The number of thiazole rings is 1. The van der Waals surface area contributed by atoms with Crippen molar-refractivity contribution in [2.75, 3.05) is 24.7 Å². The molecule has 0 saturated carbocycles. The number of benzene rings is 2. The number of nitrogens with zero attached hydrogens (tertiary/aromatic N) is 2. The van der Waals surface area contributed by atoms with E-state index in [2.05, 4.69) is 22.9 Å². The molecule has 1 N–H and O–H groups in total. The largest absolute Gasteiger partial charge is 0.324 e. The quantitative estimate of drug-likeness (QED) is 0.454. The number of hydrogen-bond acceptors (Lipinski definition) is 5. The van der Waals surface area contributed by atoms with E-state index >= 15 is 0 Å². The molecule has 1 heterocycles. The molecule has 1 aromatic heterocycles. The molecule has 3 aromatic rings. The van der Waals surface area contributed by atoms with Gasteiger partial charge in [0.05, 0.1) is 29.0 Å². The molecular formula is C20H21N3OS2. The van der Waals surface area contributed by atoms with Gasteiger partial charge in [0.25, 0.3) is 0 Å². The third-order valence-corrected chi connectivity index (χ3v) is 5.77. The number of nitrogens with one attached hydrogen (secondary N) is 1. The van der Waals surface area contributed by atoms with Crippen molar-refractivity contribution in [2.24, 2.45) is 0 Å². The highest BCUT2D eigenvalue weighted by Gasteiger charge is 2.12. The minimum Gasteiger partial charge on any atom is -0.324 e. The summed E-state index contributed by atoms with van der Waals surface area (Å²) in [5.41, 5.74) is 1.86. The lowest BCUT2D eigenvalue weighted by atomic mass is 10.3. The number of hydrogen-bond donors (Lipinski definition) is 1. The first-order chi connectivity index (χ1) is 12.7. The van der Waals surface area contributed by atoms with Gasteiger partial charge in [-0.2, -0.15) is 0 Å². The van der Waals surface area contributed by atoms with Gasteiger partial charge in [0.2, 0.25) is 5.91 Å². The summed E-state index contributed by atoms with van der Waals surface area (Å²) in [6.45, 7) is 4.71. The number of aromatic nitrogens is 1. The maximum absolute atomic E-state index is 12.4. The van der Waals surface area contributed by atoms with Crippen molar-refractivity contribution in [2.45, 2.75) is 11.4 Å². The van der Waals surface area contributed by atoms with Gasteiger partial charge in [-0.3, -0.25) is 9.69 Å². The van der Waals surface area contributed by atoms with E-state index in [9.17, 15) is 4.79 Å². The van der Waals surface area contributed by atoms with Gasteiger partial charge >= 0.3 is 0 Å². The second kappa shape index (κ2) is 8.98. The highest BCUT2D eigenvalue weighted by molar-refractivity contribution is 7.99. The highest BCUT2D eigenvalue weighted by Crippen LogP contribution is 2.27. The van der Waals surface area contributed by atoms with Crippen LogP contribution in [0.5, 0.6) is 0 Å². The second-order valence-electron chi connectivity index (χ2n) is 5.89. The fourth-order valence-electron chi connectivity index (χ4n) is 2.55. The Hall–Kier alpha value is -2.15. The normalized spacial score (nSPS) is 11.0. The molecule has 0 bridgehead atoms. The zero-order valence-corrected chi connectivity index (χ0v) is 16.3. The molecule has 4 nitrogen and oxygen atoms in total. The molecule has 0 aliphatic rings. The Morgan fingerprint density at radius 3 is 2.85 bits per heavy atom. The minimum absolute atomic E-state index is 0.0275.